The fraction of sp³-hybridized carbons (Fsp3) is 0.875. The first-order valence-corrected chi connectivity index (χ1v) is 5.04. The summed E-state index contributed by atoms with van der Waals surface area (Å²) < 4.78 is 7.95. The van der Waals surface area contributed by atoms with E-state index in [0.29, 0.717) is 0 Å². The van der Waals surface area contributed by atoms with Crippen LogP contribution in [0.2, 0.25) is 0 Å². The summed E-state index contributed by atoms with van der Waals surface area (Å²) in [5.41, 5.74) is -0.408. The molecule has 2 N–H and O–H groups in total. The molecule has 0 unspecified atom stereocenters. The van der Waals surface area contributed by atoms with Crippen LogP contribution in [-0.4, -0.2) is 31.0 Å². The molecule has 0 spiro atoms. The van der Waals surface area contributed by atoms with Crippen molar-refractivity contribution in [2.75, 3.05) is 20.1 Å². The van der Waals surface area contributed by atoms with Gasteiger partial charge in [-0.25, -0.2) is 4.79 Å². The van der Waals surface area contributed by atoms with Crippen molar-refractivity contribution >= 4 is 17.2 Å². The summed E-state index contributed by atoms with van der Waals surface area (Å²) in [5, 5.41) is 2.67. The van der Waals surface area contributed by atoms with Crippen LogP contribution in [0, 0.1) is 0 Å². The molecule has 0 heterocycles. The van der Waals surface area contributed by atoms with Crippen LogP contribution < -0.4 is 10.0 Å². The highest BCUT2D eigenvalue weighted by molar-refractivity contribution is 8.11. The van der Waals surface area contributed by atoms with Crippen molar-refractivity contribution in [3.63, 3.8) is 0 Å². The fourth-order valence-corrected chi connectivity index (χ4v) is 1.17. The largest absolute Gasteiger partial charge is 0.451 e. The number of carbonyl (C=O) groups excluding carboxylic acids is 1. The highest BCUT2D eigenvalue weighted by Gasteiger charge is 2.16. The number of rotatable bonds is 4. The van der Waals surface area contributed by atoms with E-state index in [9.17, 15) is 4.79 Å². The molecule has 0 saturated heterocycles. The average Bonchev–Trinajstić information content (AvgIpc) is 1.94. The van der Waals surface area contributed by atoms with Crippen LogP contribution in [0.3, 0.4) is 0 Å². The molecule has 0 aromatic heterocycles. The molecule has 0 atom stereocenters. The van der Waals surface area contributed by atoms with E-state index in [0.717, 1.165) is 25.0 Å². The Morgan fingerprint density at radius 1 is 1.38 bits per heavy atom. The van der Waals surface area contributed by atoms with E-state index in [-0.39, 0.29) is 5.30 Å². The molecule has 0 aromatic rings. The highest BCUT2D eigenvalue weighted by Crippen LogP contribution is 2.12. The quantitative estimate of drug-likeness (QED) is 0.413. The molecule has 0 aromatic carbocycles. The Labute approximate surface area is 83.9 Å². The van der Waals surface area contributed by atoms with E-state index in [4.69, 9.17) is 4.74 Å². The molecule has 0 aliphatic rings. The van der Waals surface area contributed by atoms with Gasteiger partial charge in [-0.15, -0.1) is 0 Å². The molecular formula is C8H18N2O2S. The molecule has 0 saturated carbocycles. The maximum absolute atomic E-state index is 11.1. The van der Waals surface area contributed by atoms with E-state index in [1.54, 1.807) is 0 Å². The van der Waals surface area contributed by atoms with Gasteiger partial charge in [-0.1, -0.05) is 0 Å². The van der Waals surface area contributed by atoms with Crippen molar-refractivity contribution in [1.29, 1.82) is 0 Å². The highest BCUT2D eigenvalue weighted by atomic mass is 32.2. The summed E-state index contributed by atoms with van der Waals surface area (Å²) in [4.78, 5) is 11.1. The first-order chi connectivity index (χ1) is 5.95. The Balaban J connectivity index is 3.41. The third-order valence-corrected chi connectivity index (χ3v) is 1.62. The summed E-state index contributed by atoms with van der Waals surface area (Å²) >= 11 is 0.992. The van der Waals surface area contributed by atoms with Crippen LogP contribution in [0.25, 0.3) is 0 Å². The predicted octanol–water partition coefficient (Wildman–Crippen LogP) is 1.38. The Bertz CT molecular complexity index is 157. The minimum atomic E-state index is -0.408. The predicted molar refractivity (Wildman–Crippen MR) is 55.8 cm³/mol. The molecule has 0 aliphatic heterocycles. The van der Waals surface area contributed by atoms with Crippen molar-refractivity contribution in [2.24, 2.45) is 0 Å². The second-order valence-electron chi connectivity index (χ2n) is 3.56. The van der Waals surface area contributed by atoms with Crippen molar-refractivity contribution in [3.05, 3.63) is 0 Å². The number of ether oxygens (including phenoxy) is 1. The lowest BCUT2D eigenvalue weighted by molar-refractivity contribution is 0.0736. The molecule has 5 heteroatoms. The van der Waals surface area contributed by atoms with Gasteiger partial charge in [0.05, 0.1) is 0 Å². The van der Waals surface area contributed by atoms with Gasteiger partial charge in [0, 0.05) is 25.0 Å². The van der Waals surface area contributed by atoms with E-state index in [2.05, 4.69) is 10.0 Å². The van der Waals surface area contributed by atoms with Crippen molar-refractivity contribution in [1.82, 2.24) is 10.0 Å². The Kier molecular flexibility index (Phi) is 6.11. The first kappa shape index (κ1) is 12.7. The van der Waals surface area contributed by atoms with Crippen molar-refractivity contribution < 1.29 is 9.53 Å². The van der Waals surface area contributed by atoms with Gasteiger partial charge < -0.3 is 10.1 Å². The molecule has 0 rings (SSSR count). The molecule has 0 amide bonds. The average molecular weight is 206 g/mol. The zero-order valence-corrected chi connectivity index (χ0v) is 9.46. The number of carbonyl (C=O) groups is 1. The van der Waals surface area contributed by atoms with Gasteiger partial charge in [0.1, 0.15) is 5.60 Å². The smallest absolute Gasteiger partial charge is 0.383 e. The zero-order valence-electron chi connectivity index (χ0n) is 8.64. The third kappa shape index (κ3) is 9.66. The van der Waals surface area contributed by atoms with Gasteiger partial charge in [-0.3, -0.25) is 4.72 Å². The monoisotopic (exact) mass is 206 g/mol. The molecule has 0 bridgehead atoms. The second kappa shape index (κ2) is 6.23. The van der Waals surface area contributed by atoms with Gasteiger partial charge in [0.2, 0.25) is 0 Å². The van der Waals surface area contributed by atoms with E-state index in [1.807, 2.05) is 27.8 Å². The van der Waals surface area contributed by atoms with Crippen molar-refractivity contribution in [3.8, 4) is 0 Å². The first-order valence-electron chi connectivity index (χ1n) is 4.23. The van der Waals surface area contributed by atoms with Crippen LogP contribution in [0.5, 0.6) is 0 Å². The molecule has 0 radical (unpaired) electrons. The number of hydrogen-bond acceptors (Lipinski definition) is 5. The molecule has 13 heavy (non-hydrogen) atoms. The SMILES string of the molecule is CNCCNSC(=O)OC(C)(C)C. The summed E-state index contributed by atoms with van der Waals surface area (Å²) in [6.07, 6.45) is 0. The van der Waals surface area contributed by atoms with E-state index < -0.39 is 5.60 Å². The standard InChI is InChI=1S/C8H18N2O2S/c1-8(2,3)12-7(11)13-10-6-5-9-4/h9-10H,5-6H2,1-4H3. The van der Waals surface area contributed by atoms with Crippen LogP contribution in [0.15, 0.2) is 0 Å². The molecule has 78 valence electrons. The van der Waals surface area contributed by atoms with Gasteiger partial charge in [-0.2, -0.15) is 0 Å². The minimum absolute atomic E-state index is 0.288. The van der Waals surface area contributed by atoms with Gasteiger partial charge >= 0.3 is 5.30 Å². The molecule has 0 fully saturated rings. The summed E-state index contributed by atoms with van der Waals surface area (Å²) in [6.45, 7) is 7.10. The normalized spacial score (nSPS) is 11.4. The molecule has 4 nitrogen and oxygen atoms in total. The molecular weight excluding hydrogens is 188 g/mol. The number of likely N-dealkylation sites (N-methyl/N-ethyl adjacent to an activating group) is 1. The van der Waals surface area contributed by atoms with Crippen LogP contribution in [0.1, 0.15) is 20.8 Å². The maximum atomic E-state index is 11.1. The summed E-state index contributed by atoms with van der Waals surface area (Å²) in [6, 6.07) is 0. The van der Waals surface area contributed by atoms with Crippen LogP contribution >= 0.6 is 11.9 Å². The van der Waals surface area contributed by atoms with Gasteiger partial charge in [0.25, 0.3) is 0 Å². The van der Waals surface area contributed by atoms with Gasteiger partial charge in [0.15, 0.2) is 0 Å². The number of hydrogen-bond donors (Lipinski definition) is 2. The Morgan fingerprint density at radius 2 is 2.00 bits per heavy atom. The lowest BCUT2D eigenvalue weighted by Gasteiger charge is -2.18. The third-order valence-electron chi connectivity index (χ3n) is 1.02. The zero-order chi connectivity index (χ0) is 10.3. The van der Waals surface area contributed by atoms with Crippen molar-refractivity contribution in [2.45, 2.75) is 26.4 Å². The topological polar surface area (TPSA) is 50.4 Å². The maximum Gasteiger partial charge on any atom is 0.383 e. The van der Waals surface area contributed by atoms with Gasteiger partial charge in [-0.05, 0) is 27.8 Å². The fourth-order valence-electron chi connectivity index (χ4n) is 0.557. The second-order valence-corrected chi connectivity index (χ2v) is 4.39. The Hall–Kier alpha value is -0.260. The Morgan fingerprint density at radius 3 is 2.46 bits per heavy atom. The van der Waals surface area contributed by atoms with Crippen LogP contribution in [-0.2, 0) is 4.74 Å². The minimum Gasteiger partial charge on any atom is -0.451 e. The summed E-state index contributed by atoms with van der Waals surface area (Å²) in [5.74, 6) is 0. The summed E-state index contributed by atoms with van der Waals surface area (Å²) in [7, 11) is 1.86. The lowest BCUT2D eigenvalue weighted by atomic mass is 10.2. The van der Waals surface area contributed by atoms with Crippen LogP contribution in [0.4, 0.5) is 4.79 Å². The molecule has 0 aliphatic carbocycles. The lowest BCUT2D eigenvalue weighted by Crippen LogP contribution is -2.25. The van der Waals surface area contributed by atoms with E-state index >= 15 is 0 Å². The number of nitrogens with one attached hydrogen (secondary N) is 2. The van der Waals surface area contributed by atoms with E-state index in [1.165, 1.54) is 0 Å².